The van der Waals surface area contributed by atoms with Crippen LogP contribution in [-0.4, -0.2) is 23.8 Å². The minimum atomic E-state index is 0.471. The Bertz CT molecular complexity index is 656. The zero-order valence-electron chi connectivity index (χ0n) is 12.8. The highest BCUT2D eigenvalue weighted by Gasteiger charge is 2.14. The van der Waals surface area contributed by atoms with Gasteiger partial charge >= 0.3 is 0 Å². The van der Waals surface area contributed by atoms with E-state index in [0.717, 1.165) is 36.1 Å². The first-order valence-electron chi connectivity index (χ1n) is 7.23. The van der Waals surface area contributed by atoms with Gasteiger partial charge in [-0.05, 0) is 6.42 Å². The van der Waals surface area contributed by atoms with Gasteiger partial charge in [-0.1, -0.05) is 13.3 Å². The molecule has 0 atom stereocenters. The molecule has 0 N–H and O–H groups in total. The molecule has 5 nitrogen and oxygen atoms in total. The van der Waals surface area contributed by atoms with E-state index in [2.05, 4.69) is 17.6 Å². The predicted molar refractivity (Wildman–Crippen MR) is 81.7 cm³/mol. The summed E-state index contributed by atoms with van der Waals surface area (Å²) in [7, 11) is 3.24. The third-order valence-electron chi connectivity index (χ3n) is 3.53. The summed E-state index contributed by atoms with van der Waals surface area (Å²) in [5.41, 5.74) is 1.88. The second kappa shape index (κ2) is 6.98. The van der Waals surface area contributed by atoms with Crippen molar-refractivity contribution in [3.8, 4) is 17.6 Å². The number of nitriles is 1. The van der Waals surface area contributed by atoms with Crippen molar-refractivity contribution in [2.75, 3.05) is 14.2 Å². The summed E-state index contributed by atoms with van der Waals surface area (Å²) in [6.45, 7) is 2.82. The quantitative estimate of drug-likeness (QED) is 0.784. The summed E-state index contributed by atoms with van der Waals surface area (Å²) in [6, 6.07) is 6.03. The number of nitrogens with zero attached hydrogens (tertiary/aromatic N) is 3. The van der Waals surface area contributed by atoms with Crippen LogP contribution in [0.1, 0.15) is 32.0 Å². The molecule has 0 radical (unpaired) electrons. The number of methoxy groups -OCH3 is 2. The minimum Gasteiger partial charge on any atom is -0.493 e. The largest absolute Gasteiger partial charge is 0.493 e. The van der Waals surface area contributed by atoms with E-state index in [1.165, 1.54) is 0 Å². The third-order valence-corrected chi connectivity index (χ3v) is 3.53. The zero-order chi connectivity index (χ0) is 15.2. The van der Waals surface area contributed by atoms with Gasteiger partial charge < -0.3 is 14.0 Å². The average Bonchev–Trinajstić information content (AvgIpc) is 2.85. The Morgan fingerprint density at radius 2 is 1.95 bits per heavy atom. The van der Waals surface area contributed by atoms with Crippen molar-refractivity contribution < 1.29 is 9.47 Å². The SMILES string of the molecule is CCCCc1nc2cc(OC)c(OC)cc2n1CCC#N. The van der Waals surface area contributed by atoms with Crippen LogP contribution in [0.5, 0.6) is 11.5 Å². The van der Waals surface area contributed by atoms with E-state index in [1.807, 2.05) is 12.1 Å². The Kier molecular flexibility index (Phi) is 5.04. The highest BCUT2D eigenvalue weighted by atomic mass is 16.5. The van der Waals surface area contributed by atoms with Gasteiger partial charge in [0.25, 0.3) is 0 Å². The number of fused-ring (bicyclic) bond motifs is 1. The summed E-state index contributed by atoms with van der Waals surface area (Å²) in [5, 5.41) is 8.86. The number of aryl methyl sites for hydroxylation is 2. The molecular weight excluding hydrogens is 266 g/mol. The van der Waals surface area contributed by atoms with Gasteiger partial charge in [0.2, 0.25) is 0 Å². The number of aromatic nitrogens is 2. The lowest BCUT2D eigenvalue weighted by Crippen LogP contribution is -2.04. The molecule has 1 aromatic carbocycles. The molecule has 2 rings (SSSR count). The highest BCUT2D eigenvalue weighted by molar-refractivity contribution is 5.80. The Morgan fingerprint density at radius 1 is 1.24 bits per heavy atom. The Morgan fingerprint density at radius 3 is 2.57 bits per heavy atom. The summed E-state index contributed by atoms with van der Waals surface area (Å²) in [6.07, 6.45) is 3.60. The van der Waals surface area contributed by atoms with Crippen LogP contribution in [0, 0.1) is 11.3 Å². The topological polar surface area (TPSA) is 60.1 Å². The van der Waals surface area contributed by atoms with Gasteiger partial charge in [-0.25, -0.2) is 4.98 Å². The van der Waals surface area contributed by atoms with Crippen LogP contribution in [0.2, 0.25) is 0 Å². The lowest BCUT2D eigenvalue weighted by Gasteiger charge is -2.09. The number of rotatable bonds is 7. The molecular formula is C16H21N3O2. The van der Waals surface area contributed by atoms with Gasteiger partial charge in [0, 0.05) is 25.1 Å². The fourth-order valence-electron chi connectivity index (χ4n) is 2.44. The number of hydrogen-bond donors (Lipinski definition) is 0. The fraction of sp³-hybridized carbons (Fsp3) is 0.500. The Balaban J connectivity index is 2.53. The van der Waals surface area contributed by atoms with Crippen molar-refractivity contribution in [1.29, 1.82) is 5.26 Å². The molecule has 0 aliphatic heterocycles. The van der Waals surface area contributed by atoms with Crippen molar-refractivity contribution in [3.05, 3.63) is 18.0 Å². The summed E-state index contributed by atoms with van der Waals surface area (Å²) >= 11 is 0. The van der Waals surface area contributed by atoms with E-state index in [9.17, 15) is 0 Å². The number of ether oxygens (including phenoxy) is 2. The Labute approximate surface area is 125 Å². The molecule has 0 spiro atoms. The molecule has 112 valence electrons. The first-order chi connectivity index (χ1) is 10.2. The molecule has 1 heterocycles. The molecule has 0 saturated carbocycles. The van der Waals surface area contributed by atoms with Gasteiger partial charge in [0.05, 0.1) is 37.7 Å². The normalized spacial score (nSPS) is 10.6. The first-order valence-corrected chi connectivity index (χ1v) is 7.23. The van der Waals surface area contributed by atoms with E-state index in [1.54, 1.807) is 14.2 Å². The van der Waals surface area contributed by atoms with Gasteiger partial charge in [-0.3, -0.25) is 0 Å². The molecule has 2 aromatic rings. The maximum atomic E-state index is 8.86. The lowest BCUT2D eigenvalue weighted by molar-refractivity contribution is 0.355. The average molecular weight is 287 g/mol. The van der Waals surface area contributed by atoms with E-state index < -0.39 is 0 Å². The second-order valence-corrected chi connectivity index (χ2v) is 4.89. The highest BCUT2D eigenvalue weighted by Crippen LogP contribution is 2.32. The van der Waals surface area contributed by atoms with Crippen LogP contribution in [-0.2, 0) is 13.0 Å². The van der Waals surface area contributed by atoms with Crippen LogP contribution < -0.4 is 9.47 Å². The molecule has 21 heavy (non-hydrogen) atoms. The Hall–Kier alpha value is -2.22. The fourth-order valence-corrected chi connectivity index (χ4v) is 2.44. The van der Waals surface area contributed by atoms with Crippen molar-refractivity contribution in [1.82, 2.24) is 9.55 Å². The van der Waals surface area contributed by atoms with Crippen LogP contribution in [0.15, 0.2) is 12.1 Å². The maximum Gasteiger partial charge on any atom is 0.163 e. The van der Waals surface area contributed by atoms with Crippen LogP contribution >= 0.6 is 0 Å². The number of imidazole rings is 1. The van der Waals surface area contributed by atoms with Gasteiger partial charge in [-0.15, -0.1) is 0 Å². The molecule has 0 amide bonds. The standard InChI is InChI=1S/C16H21N3O2/c1-4-5-7-16-18-12-10-14(20-2)15(21-3)11-13(12)19(16)9-6-8-17/h10-11H,4-7,9H2,1-3H3. The molecule has 0 saturated heterocycles. The monoisotopic (exact) mass is 287 g/mol. The molecule has 5 heteroatoms. The van der Waals surface area contributed by atoms with E-state index >= 15 is 0 Å². The van der Waals surface area contributed by atoms with E-state index in [0.29, 0.717) is 24.5 Å². The van der Waals surface area contributed by atoms with Gasteiger partial charge in [0.1, 0.15) is 5.82 Å². The van der Waals surface area contributed by atoms with Crippen molar-refractivity contribution >= 4 is 11.0 Å². The van der Waals surface area contributed by atoms with Crippen LogP contribution in [0.25, 0.3) is 11.0 Å². The molecule has 0 unspecified atom stereocenters. The third kappa shape index (κ3) is 3.10. The molecule has 0 bridgehead atoms. The molecule has 1 aromatic heterocycles. The zero-order valence-corrected chi connectivity index (χ0v) is 12.8. The molecule has 0 fully saturated rings. The van der Waals surface area contributed by atoms with E-state index in [4.69, 9.17) is 19.7 Å². The lowest BCUT2D eigenvalue weighted by atomic mass is 10.2. The minimum absolute atomic E-state index is 0.471. The van der Waals surface area contributed by atoms with E-state index in [-0.39, 0.29) is 0 Å². The molecule has 0 aliphatic rings. The van der Waals surface area contributed by atoms with Crippen molar-refractivity contribution in [2.24, 2.45) is 0 Å². The molecule has 0 aliphatic carbocycles. The smallest absolute Gasteiger partial charge is 0.163 e. The van der Waals surface area contributed by atoms with Crippen LogP contribution in [0.4, 0.5) is 0 Å². The second-order valence-electron chi connectivity index (χ2n) is 4.89. The number of hydrogen-bond acceptors (Lipinski definition) is 4. The summed E-state index contributed by atoms with van der Waals surface area (Å²) < 4.78 is 12.8. The van der Waals surface area contributed by atoms with Gasteiger partial charge in [0.15, 0.2) is 11.5 Å². The van der Waals surface area contributed by atoms with Crippen molar-refractivity contribution in [3.63, 3.8) is 0 Å². The van der Waals surface area contributed by atoms with Crippen LogP contribution in [0.3, 0.4) is 0 Å². The first kappa shape index (κ1) is 15.2. The van der Waals surface area contributed by atoms with Gasteiger partial charge in [-0.2, -0.15) is 5.26 Å². The predicted octanol–water partition coefficient (Wildman–Crippen LogP) is 3.31. The maximum absolute atomic E-state index is 8.86. The van der Waals surface area contributed by atoms with Crippen molar-refractivity contribution in [2.45, 2.75) is 39.2 Å². The summed E-state index contributed by atoms with van der Waals surface area (Å²) in [5.74, 6) is 2.39. The number of unbranched alkanes of at least 4 members (excludes halogenated alkanes) is 1. The number of benzene rings is 1. The summed E-state index contributed by atoms with van der Waals surface area (Å²) in [4.78, 5) is 4.71.